The van der Waals surface area contributed by atoms with Gasteiger partial charge in [0.05, 0.1) is 19.3 Å². The van der Waals surface area contributed by atoms with E-state index in [0.717, 1.165) is 22.2 Å². The molecule has 8 heteroatoms. The molecule has 0 radical (unpaired) electrons. The molecule has 156 valence electrons. The van der Waals surface area contributed by atoms with Gasteiger partial charge < -0.3 is 24.7 Å². The van der Waals surface area contributed by atoms with E-state index in [-0.39, 0.29) is 5.56 Å². The highest BCUT2D eigenvalue weighted by Gasteiger charge is 2.14. The monoisotopic (exact) mass is 425 g/mol. The van der Waals surface area contributed by atoms with E-state index in [2.05, 4.69) is 10.3 Å². The Hall–Kier alpha value is -3.23. The fourth-order valence-corrected chi connectivity index (χ4v) is 3.35. The molecular weight excluding hydrogens is 402 g/mol. The van der Waals surface area contributed by atoms with E-state index in [9.17, 15) is 9.59 Å². The SMILES string of the molecule is COCCN(Cc1cc(=O)[nH]c2ccccc12)C(=S)Nc1ccc(C(=O)OC)cc1. The maximum atomic E-state index is 12.1. The van der Waals surface area contributed by atoms with Crippen LogP contribution in [0.3, 0.4) is 0 Å². The lowest BCUT2D eigenvalue weighted by atomic mass is 10.1. The van der Waals surface area contributed by atoms with Gasteiger partial charge in [0, 0.05) is 42.9 Å². The van der Waals surface area contributed by atoms with Crippen LogP contribution in [0.4, 0.5) is 5.69 Å². The molecule has 2 N–H and O–H groups in total. The lowest BCUT2D eigenvalue weighted by molar-refractivity contribution is 0.0601. The van der Waals surface area contributed by atoms with Gasteiger partial charge in [-0.2, -0.15) is 0 Å². The molecule has 0 amide bonds. The Kier molecular flexibility index (Phi) is 7.16. The van der Waals surface area contributed by atoms with Crippen molar-refractivity contribution in [3.8, 4) is 0 Å². The van der Waals surface area contributed by atoms with Gasteiger partial charge in [-0.1, -0.05) is 18.2 Å². The topological polar surface area (TPSA) is 83.7 Å². The maximum absolute atomic E-state index is 12.1. The van der Waals surface area contributed by atoms with Crippen molar-refractivity contribution in [2.24, 2.45) is 0 Å². The van der Waals surface area contributed by atoms with Gasteiger partial charge >= 0.3 is 5.97 Å². The van der Waals surface area contributed by atoms with E-state index in [1.54, 1.807) is 37.4 Å². The van der Waals surface area contributed by atoms with Gasteiger partial charge in [0.2, 0.25) is 5.56 Å². The fourth-order valence-electron chi connectivity index (χ4n) is 3.08. The number of fused-ring (bicyclic) bond motifs is 1. The number of carbonyl (C=O) groups excluding carboxylic acids is 1. The lowest BCUT2D eigenvalue weighted by Crippen LogP contribution is -2.37. The molecule has 2 aromatic carbocycles. The Bertz CT molecular complexity index is 1100. The molecule has 0 spiro atoms. The molecule has 0 aliphatic carbocycles. The van der Waals surface area contributed by atoms with Crippen LogP contribution in [0.1, 0.15) is 15.9 Å². The van der Waals surface area contributed by atoms with Crippen molar-refractivity contribution in [3.63, 3.8) is 0 Å². The van der Waals surface area contributed by atoms with Crippen LogP contribution in [0.15, 0.2) is 59.4 Å². The van der Waals surface area contributed by atoms with Crippen LogP contribution >= 0.6 is 12.2 Å². The molecule has 0 aliphatic heterocycles. The van der Waals surface area contributed by atoms with E-state index in [0.29, 0.717) is 30.4 Å². The number of rotatable bonds is 7. The third-order valence-electron chi connectivity index (χ3n) is 4.61. The third kappa shape index (κ3) is 5.22. The summed E-state index contributed by atoms with van der Waals surface area (Å²) in [6.07, 6.45) is 0. The lowest BCUT2D eigenvalue weighted by Gasteiger charge is -2.26. The van der Waals surface area contributed by atoms with Crippen molar-refractivity contribution in [3.05, 3.63) is 76.1 Å². The number of ether oxygens (including phenoxy) is 2. The number of methoxy groups -OCH3 is 2. The molecule has 0 unspecified atom stereocenters. The number of H-pyrrole nitrogens is 1. The summed E-state index contributed by atoms with van der Waals surface area (Å²) in [5.41, 5.74) is 2.69. The molecule has 0 aliphatic rings. The van der Waals surface area contributed by atoms with Crippen LogP contribution in [0.2, 0.25) is 0 Å². The van der Waals surface area contributed by atoms with Crippen molar-refractivity contribution < 1.29 is 14.3 Å². The normalized spacial score (nSPS) is 10.6. The summed E-state index contributed by atoms with van der Waals surface area (Å²) in [4.78, 5) is 28.5. The summed E-state index contributed by atoms with van der Waals surface area (Å²) in [6.45, 7) is 1.47. The summed E-state index contributed by atoms with van der Waals surface area (Å²) in [5, 5.41) is 4.63. The second-order valence-corrected chi connectivity index (χ2v) is 7.00. The summed E-state index contributed by atoms with van der Waals surface area (Å²) in [6, 6.07) is 16.1. The number of nitrogens with one attached hydrogen (secondary N) is 2. The summed E-state index contributed by atoms with van der Waals surface area (Å²) >= 11 is 5.61. The Labute approximate surface area is 179 Å². The van der Waals surface area contributed by atoms with Crippen LogP contribution in [0.25, 0.3) is 10.9 Å². The first kappa shape index (κ1) is 21.5. The quantitative estimate of drug-likeness (QED) is 0.444. The van der Waals surface area contributed by atoms with Crippen LogP contribution in [-0.2, 0) is 16.0 Å². The molecule has 3 aromatic rings. The molecule has 0 saturated carbocycles. The van der Waals surface area contributed by atoms with Gasteiger partial charge in [-0.25, -0.2) is 4.79 Å². The minimum atomic E-state index is -0.396. The number of thiocarbonyl (C=S) groups is 1. The van der Waals surface area contributed by atoms with Gasteiger partial charge in [0.15, 0.2) is 5.11 Å². The van der Waals surface area contributed by atoms with E-state index in [1.165, 1.54) is 7.11 Å². The number of pyridine rings is 1. The number of benzene rings is 2. The van der Waals surface area contributed by atoms with E-state index in [4.69, 9.17) is 21.7 Å². The van der Waals surface area contributed by atoms with Crippen LogP contribution < -0.4 is 10.9 Å². The van der Waals surface area contributed by atoms with Gasteiger partial charge in [-0.05, 0) is 48.1 Å². The molecule has 0 bridgehead atoms. The molecule has 7 nitrogen and oxygen atoms in total. The number of aromatic amines is 1. The second kappa shape index (κ2) is 10.00. The summed E-state index contributed by atoms with van der Waals surface area (Å²) < 4.78 is 9.94. The number of anilines is 1. The van der Waals surface area contributed by atoms with Gasteiger partial charge in [0.1, 0.15) is 0 Å². The standard InChI is InChI=1S/C22H23N3O4S/c1-28-12-11-25(14-16-13-20(26)24-19-6-4-3-5-18(16)19)22(30)23-17-9-7-15(8-10-17)21(27)29-2/h3-10,13H,11-12,14H2,1-2H3,(H,23,30)(H,24,26). The zero-order chi connectivity index (χ0) is 21.5. The molecule has 1 aromatic heterocycles. The van der Waals surface area contributed by atoms with Crippen molar-refractivity contribution in [1.82, 2.24) is 9.88 Å². The van der Waals surface area contributed by atoms with Gasteiger partial charge in [0.25, 0.3) is 0 Å². The third-order valence-corrected chi connectivity index (χ3v) is 4.97. The highest BCUT2D eigenvalue weighted by molar-refractivity contribution is 7.80. The average Bonchev–Trinajstić information content (AvgIpc) is 2.76. The first-order valence-electron chi connectivity index (χ1n) is 9.36. The van der Waals surface area contributed by atoms with Crippen LogP contribution in [-0.4, -0.2) is 48.3 Å². The highest BCUT2D eigenvalue weighted by atomic mass is 32.1. The van der Waals surface area contributed by atoms with E-state index < -0.39 is 5.97 Å². The van der Waals surface area contributed by atoms with Gasteiger partial charge in [-0.15, -0.1) is 0 Å². The Balaban J connectivity index is 1.81. The van der Waals surface area contributed by atoms with Crippen molar-refractivity contribution in [2.75, 3.05) is 32.7 Å². The second-order valence-electron chi connectivity index (χ2n) is 6.62. The summed E-state index contributed by atoms with van der Waals surface area (Å²) in [5.74, 6) is -0.396. The molecule has 1 heterocycles. The number of carbonyl (C=O) groups is 1. The van der Waals surface area contributed by atoms with Gasteiger partial charge in [-0.3, -0.25) is 4.79 Å². The van der Waals surface area contributed by atoms with Crippen LogP contribution in [0, 0.1) is 0 Å². The largest absolute Gasteiger partial charge is 0.465 e. The molecule has 3 rings (SSSR count). The smallest absolute Gasteiger partial charge is 0.337 e. The number of esters is 1. The first-order valence-corrected chi connectivity index (χ1v) is 9.77. The number of nitrogens with zero attached hydrogens (tertiary/aromatic N) is 1. The number of para-hydroxylation sites is 1. The average molecular weight is 426 g/mol. The molecule has 0 atom stereocenters. The molecule has 30 heavy (non-hydrogen) atoms. The minimum absolute atomic E-state index is 0.160. The number of hydrogen-bond acceptors (Lipinski definition) is 5. The summed E-state index contributed by atoms with van der Waals surface area (Å²) in [7, 11) is 2.97. The predicted molar refractivity (Wildman–Crippen MR) is 121 cm³/mol. The van der Waals surface area contributed by atoms with Crippen molar-refractivity contribution >= 4 is 39.9 Å². The maximum Gasteiger partial charge on any atom is 0.337 e. The number of hydrogen-bond donors (Lipinski definition) is 2. The Morgan fingerprint density at radius 1 is 1.13 bits per heavy atom. The number of aromatic nitrogens is 1. The zero-order valence-corrected chi connectivity index (χ0v) is 17.6. The predicted octanol–water partition coefficient (Wildman–Crippen LogP) is 3.16. The van der Waals surface area contributed by atoms with Crippen molar-refractivity contribution in [2.45, 2.75) is 6.54 Å². The zero-order valence-electron chi connectivity index (χ0n) is 16.8. The van der Waals surface area contributed by atoms with Crippen molar-refractivity contribution in [1.29, 1.82) is 0 Å². The highest BCUT2D eigenvalue weighted by Crippen LogP contribution is 2.18. The Morgan fingerprint density at radius 2 is 1.87 bits per heavy atom. The van der Waals surface area contributed by atoms with Crippen LogP contribution in [0.5, 0.6) is 0 Å². The van der Waals surface area contributed by atoms with E-state index >= 15 is 0 Å². The van der Waals surface area contributed by atoms with E-state index in [1.807, 2.05) is 29.2 Å². The Morgan fingerprint density at radius 3 is 2.57 bits per heavy atom. The fraction of sp³-hybridized carbons (Fsp3) is 0.227. The first-order chi connectivity index (χ1) is 14.5. The molecule has 0 fully saturated rings. The molecule has 0 saturated heterocycles. The minimum Gasteiger partial charge on any atom is -0.465 e. The molecular formula is C22H23N3O4S.